The van der Waals surface area contributed by atoms with Gasteiger partial charge in [-0.05, 0) is 43.2 Å². The van der Waals surface area contributed by atoms with E-state index in [1.54, 1.807) is 0 Å². The minimum atomic E-state index is -0.452. The lowest BCUT2D eigenvalue weighted by molar-refractivity contribution is 0.129. The van der Waals surface area contributed by atoms with Gasteiger partial charge in [0.1, 0.15) is 0 Å². The van der Waals surface area contributed by atoms with Gasteiger partial charge in [0.15, 0.2) is 17.3 Å². The Hall–Kier alpha value is -2.34. The lowest BCUT2D eigenvalue weighted by Crippen LogP contribution is -2.43. The van der Waals surface area contributed by atoms with Crippen molar-refractivity contribution in [3.8, 4) is 11.5 Å². The molecule has 1 aromatic heterocycles. The summed E-state index contributed by atoms with van der Waals surface area (Å²) < 4.78 is 10.8. The quantitative estimate of drug-likeness (QED) is 0.913. The van der Waals surface area contributed by atoms with Gasteiger partial charge in [-0.2, -0.15) is 5.10 Å². The van der Waals surface area contributed by atoms with Crippen molar-refractivity contribution >= 4 is 5.82 Å². The van der Waals surface area contributed by atoms with E-state index in [0.29, 0.717) is 6.54 Å². The van der Waals surface area contributed by atoms with E-state index < -0.39 is 6.10 Å². The van der Waals surface area contributed by atoms with E-state index in [1.807, 2.05) is 37.3 Å². The monoisotopic (exact) mass is 313 g/mol. The molecular weight excluding hydrogens is 294 g/mol. The average molecular weight is 313 g/mol. The number of anilines is 1. The Morgan fingerprint density at radius 1 is 1.13 bits per heavy atom. The van der Waals surface area contributed by atoms with Crippen molar-refractivity contribution in [2.45, 2.75) is 25.4 Å². The van der Waals surface area contributed by atoms with E-state index in [0.717, 1.165) is 41.5 Å². The van der Waals surface area contributed by atoms with Crippen LogP contribution in [0.1, 0.15) is 23.6 Å². The van der Waals surface area contributed by atoms with Crippen LogP contribution >= 0.6 is 0 Å². The Morgan fingerprint density at radius 3 is 2.78 bits per heavy atom. The highest BCUT2D eigenvalue weighted by molar-refractivity contribution is 5.46. The fraction of sp³-hybridized carbons (Fsp3) is 0.412. The van der Waals surface area contributed by atoms with Gasteiger partial charge in [0, 0.05) is 19.0 Å². The van der Waals surface area contributed by atoms with Gasteiger partial charge in [-0.1, -0.05) is 6.07 Å². The van der Waals surface area contributed by atoms with E-state index >= 15 is 0 Å². The zero-order chi connectivity index (χ0) is 15.8. The van der Waals surface area contributed by atoms with Crippen LogP contribution in [0, 0.1) is 6.92 Å². The highest BCUT2D eigenvalue weighted by Gasteiger charge is 2.30. The fourth-order valence-electron chi connectivity index (χ4n) is 3.23. The summed E-state index contributed by atoms with van der Waals surface area (Å²) in [6, 6.07) is 9.82. The zero-order valence-electron chi connectivity index (χ0n) is 13.0. The summed E-state index contributed by atoms with van der Waals surface area (Å²) in [4.78, 5) is 2.08. The molecule has 2 aliphatic rings. The van der Waals surface area contributed by atoms with Gasteiger partial charge in [-0.15, -0.1) is 5.10 Å². The van der Waals surface area contributed by atoms with Crippen LogP contribution in [0.5, 0.6) is 11.5 Å². The maximum Gasteiger partial charge on any atom is 0.231 e. The molecule has 4 rings (SSSR count). The van der Waals surface area contributed by atoms with E-state index in [-0.39, 0.29) is 12.7 Å². The van der Waals surface area contributed by atoms with Gasteiger partial charge in [-0.3, -0.25) is 0 Å². The molecule has 6 nitrogen and oxygen atoms in total. The van der Waals surface area contributed by atoms with E-state index in [2.05, 4.69) is 15.1 Å². The number of fused-ring (bicyclic) bond motifs is 1. The van der Waals surface area contributed by atoms with Crippen molar-refractivity contribution < 1.29 is 14.6 Å². The molecule has 0 bridgehead atoms. The number of ether oxygens (including phenoxy) is 2. The second-order valence-electron chi connectivity index (χ2n) is 6.05. The average Bonchev–Trinajstić information content (AvgIpc) is 3.03. The SMILES string of the molecule is Cc1ccc(N2CC[C@@H](c3ccc4c(c3)OCO4)[C@H](O)C2)nn1. The van der Waals surface area contributed by atoms with Gasteiger partial charge < -0.3 is 19.5 Å². The van der Waals surface area contributed by atoms with E-state index in [1.165, 1.54) is 0 Å². The third-order valence-corrected chi connectivity index (χ3v) is 4.51. The molecule has 0 aliphatic carbocycles. The Bertz CT molecular complexity index is 705. The number of β-amino-alcohol motifs (C(OH)–C–C–N with tert-alkyl or cyclic N) is 1. The van der Waals surface area contributed by atoms with Gasteiger partial charge in [-0.25, -0.2) is 0 Å². The summed E-state index contributed by atoms with van der Waals surface area (Å²) in [6.45, 7) is 3.58. The first-order valence-electron chi connectivity index (χ1n) is 7.83. The summed E-state index contributed by atoms with van der Waals surface area (Å²) >= 11 is 0. The molecule has 1 aromatic carbocycles. The molecular formula is C17H19N3O3. The maximum absolute atomic E-state index is 10.6. The first-order chi connectivity index (χ1) is 11.2. The number of piperidine rings is 1. The molecule has 0 spiro atoms. The number of aliphatic hydroxyl groups excluding tert-OH is 1. The van der Waals surface area contributed by atoms with Gasteiger partial charge in [0.05, 0.1) is 11.8 Å². The number of aromatic nitrogens is 2. The molecule has 1 saturated heterocycles. The predicted molar refractivity (Wildman–Crippen MR) is 84.9 cm³/mol. The lowest BCUT2D eigenvalue weighted by atomic mass is 9.87. The van der Waals surface area contributed by atoms with Crippen molar-refractivity contribution in [3.63, 3.8) is 0 Å². The highest BCUT2D eigenvalue weighted by Crippen LogP contribution is 2.37. The smallest absolute Gasteiger partial charge is 0.231 e. The van der Waals surface area contributed by atoms with Crippen LogP contribution in [0.15, 0.2) is 30.3 Å². The van der Waals surface area contributed by atoms with Crippen LogP contribution in [-0.4, -0.2) is 41.3 Å². The highest BCUT2D eigenvalue weighted by atomic mass is 16.7. The summed E-state index contributed by atoms with van der Waals surface area (Å²) in [6.07, 6.45) is 0.406. The number of nitrogens with zero attached hydrogens (tertiary/aromatic N) is 3. The second kappa shape index (κ2) is 5.70. The van der Waals surface area contributed by atoms with Crippen LogP contribution in [0.3, 0.4) is 0 Å². The Labute approximate surface area is 134 Å². The maximum atomic E-state index is 10.6. The number of hydrogen-bond acceptors (Lipinski definition) is 6. The Morgan fingerprint density at radius 2 is 2.00 bits per heavy atom. The molecule has 0 amide bonds. The molecule has 2 atom stereocenters. The molecule has 1 fully saturated rings. The molecule has 0 unspecified atom stereocenters. The molecule has 23 heavy (non-hydrogen) atoms. The normalized spacial score (nSPS) is 23.1. The van der Waals surface area contributed by atoms with Crippen LogP contribution in [-0.2, 0) is 0 Å². The van der Waals surface area contributed by atoms with Gasteiger partial charge >= 0.3 is 0 Å². The molecule has 6 heteroatoms. The van der Waals surface area contributed by atoms with Crippen LogP contribution in [0.25, 0.3) is 0 Å². The number of aryl methyl sites for hydroxylation is 1. The summed E-state index contributed by atoms with van der Waals surface area (Å²) in [7, 11) is 0. The van der Waals surface area contributed by atoms with Crippen LogP contribution < -0.4 is 14.4 Å². The first-order valence-corrected chi connectivity index (χ1v) is 7.83. The van der Waals surface area contributed by atoms with Crippen molar-refractivity contribution in [1.29, 1.82) is 0 Å². The third-order valence-electron chi connectivity index (χ3n) is 4.51. The fourth-order valence-corrected chi connectivity index (χ4v) is 3.23. The molecule has 0 radical (unpaired) electrons. The third kappa shape index (κ3) is 2.70. The molecule has 2 aromatic rings. The zero-order valence-corrected chi connectivity index (χ0v) is 13.0. The Balaban J connectivity index is 1.50. The molecule has 120 valence electrons. The first kappa shape index (κ1) is 14.3. The van der Waals surface area contributed by atoms with E-state index in [4.69, 9.17) is 9.47 Å². The number of rotatable bonds is 2. The Kier molecular flexibility index (Phi) is 3.53. The second-order valence-corrected chi connectivity index (χ2v) is 6.05. The molecule has 3 heterocycles. The minimum absolute atomic E-state index is 0.0964. The summed E-state index contributed by atoms with van der Waals surface area (Å²) in [5, 5.41) is 18.9. The molecule has 1 N–H and O–H groups in total. The van der Waals surface area contributed by atoms with Crippen molar-refractivity contribution in [2.75, 3.05) is 24.8 Å². The minimum Gasteiger partial charge on any atom is -0.454 e. The summed E-state index contributed by atoms with van der Waals surface area (Å²) in [5.74, 6) is 2.45. The number of benzene rings is 1. The molecule has 2 aliphatic heterocycles. The van der Waals surface area contributed by atoms with E-state index in [9.17, 15) is 5.11 Å². The number of aliphatic hydroxyl groups is 1. The van der Waals surface area contributed by atoms with Crippen molar-refractivity contribution in [1.82, 2.24) is 10.2 Å². The summed E-state index contributed by atoms with van der Waals surface area (Å²) in [5.41, 5.74) is 1.99. The van der Waals surface area contributed by atoms with Gasteiger partial charge in [0.2, 0.25) is 6.79 Å². The predicted octanol–water partition coefficient (Wildman–Crippen LogP) is 1.87. The lowest BCUT2D eigenvalue weighted by Gasteiger charge is -2.36. The number of hydrogen-bond donors (Lipinski definition) is 1. The van der Waals surface area contributed by atoms with Crippen molar-refractivity contribution in [3.05, 3.63) is 41.6 Å². The van der Waals surface area contributed by atoms with Crippen LogP contribution in [0.2, 0.25) is 0 Å². The topological polar surface area (TPSA) is 67.7 Å². The van der Waals surface area contributed by atoms with Crippen LogP contribution in [0.4, 0.5) is 5.82 Å². The standard InChI is InChI=1S/C17H19N3O3/c1-11-2-5-17(19-18-11)20-7-6-13(14(21)9-20)12-3-4-15-16(8-12)23-10-22-15/h2-5,8,13-14,21H,6-7,9-10H2,1H3/t13-,14+/m0/s1. The van der Waals surface area contributed by atoms with Crippen molar-refractivity contribution in [2.24, 2.45) is 0 Å². The van der Waals surface area contributed by atoms with Gasteiger partial charge in [0.25, 0.3) is 0 Å². The molecule has 0 saturated carbocycles. The largest absolute Gasteiger partial charge is 0.454 e.